The van der Waals surface area contributed by atoms with Crippen LogP contribution in [-0.4, -0.2) is 58.0 Å². The number of rotatable bonds is 9. The maximum absolute atomic E-state index is 13.5. The zero-order chi connectivity index (χ0) is 31.7. The number of aromatic nitrogens is 4. The van der Waals surface area contributed by atoms with Crippen molar-refractivity contribution in [2.75, 3.05) is 6.54 Å². The van der Waals surface area contributed by atoms with E-state index in [1.807, 2.05) is 25.5 Å². The summed E-state index contributed by atoms with van der Waals surface area (Å²) in [5, 5.41) is 12.1. The maximum atomic E-state index is 13.5. The van der Waals surface area contributed by atoms with Gasteiger partial charge in [0.2, 0.25) is 11.8 Å². The van der Waals surface area contributed by atoms with Crippen LogP contribution in [0.2, 0.25) is 0 Å². The van der Waals surface area contributed by atoms with Gasteiger partial charge < -0.3 is 10.1 Å². The van der Waals surface area contributed by atoms with E-state index in [1.54, 1.807) is 22.6 Å². The molecule has 2 atom stereocenters. The van der Waals surface area contributed by atoms with Gasteiger partial charge in [-0.2, -0.15) is 4.31 Å². The Kier molecular flexibility index (Phi) is 9.15. The molecule has 1 fully saturated rings. The van der Waals surface area contributed by atoms with Crippen LogP contribution in [-0.2, 0) is 17.9 Å². The van der Waals surface area contributed by atoms with Crippen molar-refractivity contribution >= 4 is 27.7 Å². The van der Waals surface area contributed by atoms with Crippen molar-refractivity contribution < 1.29 is 18.6 Å². The van der Waals surface area contributed by atoms with Gasteiger partial charge >= 0.3 is 0 Å². The largest absolute Gasteiger partial charge is 0.472 e. The molecule has 6 rings (SSSR count). The Morgan fingerprint density at radius 1 is 1.13 bits per heavy atom. The molecule has 2 aromatic heterocycles. The summed E-state index contributed by atoms with van der Waals surface area (Å²) >= 11 is 0. The average molecular weight is 633 g/mol. The maximum Gasteiger partial charge on any atom is 0.239 e. The predicted octanol–water partition coefficient (Wildman–Crippen LogP) is 6.74. The summed E-state index contributed by atoms with van der Waals surface area (Å²) in [7, 11) is -3.36. The zero-order valence-electron chi connectivity index (χ0n) is 26.6. The summed E-state index contributed by atoms with van der Waals surface area (Å²) in [6, 6.07) is 14.1. The minimum absolute atomic E-state index is 0.0412. The summed E-state index contributed by atoms with van der Waals surface area (Å²) in [6.07, 6.45) is 6.72. The molecule has 1 saturated carbocycles. The molecule has 0 saturated heterocycles. The van der Waals surface area contributed by atoms with Crippen LogP contribution in [0.4, 0.5) is 0 Å². The first-order valence-corrected chi connectivity index (χ1v) is 17.6. The molecule has 240 valence electrons. The number of carbonyl (C=O) groups is 1. The molecule has 3 heterocycles. The van der Waals surface area contributed by atoms with Crippen molar-refractivity contribution in [1.29, 1.82) is 0 Å². The van der Waals surface area contributed by atoms with Gasteiger partial charge in [0.15, 0.2) is 0 Å². The molecule has 2 aromatic carbocycles. The number of carbonyl (C=O) groups excluding carboxylic acids is 1. The van der Waals surface area contributed by atoms with Gasteiger partial charge in [-0.05, 0) is 86.1 Å². The van der Waals surface area contributed by atoms with Crippen molar-refractivity contribution in [3.8, 4) is 5.88 Å². The van der Waals surface area contributed by atoms with Gasteiger partial charge in [0.1, 0.15) is 16.5 Å². The molecular weight excluding hydrogens is 588 g/mol. The number of ether oxygens (including phenoxy) is 1. The minimum atomic E-state index is -3.36. The molecule has 1 aliphatic heterocycles. The molecule has 10 nitrogen and oxygen atoms in total. The van der Waals surface area contributed by atoms with E-state index < -0.39 is 10.8 Å². The number of benzene rings is 2. The van der Waals surface area contributed by atoms with Crippen LogP contribution in [0.15, 0.2) is 53.6 Å². The molecule has 0 radical (unpaired) electrons. The van der Waals surface area contributed by atoms with Crippen molar-refractivity contribution in [3.05, 3.63) is 76.5 Å². The second-order valence-electron chi connectivity index (χ2n) is 12.3. The van der Waals surface area contributed by atoms with E-state index in [9.17, 15) is 13.9 Å². The third-order valence-corrected chi connectivity index (χ3v) is 11.3. The van der Waals surface area contributed by atoms with Crippen LogP contribution in [0.1, 0.15) is 86.1 Å². The van der Waals surface area contributed by atoms with Crippen LogP contribution in [0, 0.1) is 13.8 Å². The molecule has 2 aliphatic rings. The number of pyridine rings is 1. The highest BCUT2D eigenvalue weighted by Gasteiger charge is 2.36. The van der Waals surface area contributed by atoms with Gasteiger partial charge in [-0.15, -0.1) is 15.9 Å². The molecule has 45 heavy (non-hydrogen) atoms. The fraction of sp³-hybridized carbons (Fsp3) is 0.471. The molecule has 0 bridgehead atoms. The summed E-state index contributed by atoms with van der Waals surface area (Å²) in [5.41, 5.74) is 6.88. The lowest BCUT2D eigenvalue weighted by atomic mass is 9.84. The first-order valence-electron chi connectivity index (χ1n) is 16.1. The Bertz CT molecular complexity index is 1680. The fourth-order valence-corrected chi connectivity index (χ4v) is 8.28. The van der Waals surface area contributed by atoms with E-state index in [1.165, 1.54) is 0 Å². The third kappa shape index (κ3) is 6.31. The van der Waals surface area contributed by atoms with Crippen LogP contribution in [0.25, 0.3) is 11.0 Å². The van der Waals surface area contributed by atoms with Gasteiger partial charge in [0, 0.05) is 37.7 Å². The van der Waals surface area contributed by atoms with Gasteiger partial charge in [-0.3, -0.25) is 13.9 Å². The molecule has 3 N–H and O–H groups in total. The number of hydrogen-bond donors (Lipinski definition) is 3. The number of aryl methyl sites for hydroxylation is 3. The van der Waals surface area contributed by atoms with Crippen LogP contribution >= 0.6 is 10.8 Å². The molecule has 0 spiro atoms. The standard InChI is InChI=1S/C34H44N6O4S/c1-5-27-21-39(45(42,43)31-12-9-17-35-34(31)44-27)20-25-18-24(14-13-22(25)3)29(19-32(41)36-26-10-7-8-11-26)28-15-16-30-33(23(28)4)37-38-40(30)6-2/h9,12-18,26-27,29,42-43H,5-8,10-11,19-21H2,1-4H3,(H,36,41)/t27-,29+/m1/s1. The minimum Gasteiger partial charge on any atom is -0.472 e. The monoisotopic (exact) mass is 632 g/mol. The lowest BCUT2D eigenvalue weighted by Gasteiger charge is -2.41. The summed E-state index contributed by atoms with van der Waals surface area (Å²) in [6.45, 7) is 9.54. The number of nitrogens with zero attached hydrogens (tertiary/aromatic N) is 5. The smallest absolute Gasteiger partial charge is 0.239 e. The quantitative estimate of drug-likeness (QED) is 0.185. The van der Waals surface area contributed by atoms with E-state index in [4.69, 9.17) is 4.74 Å². The lowest BCUT2D eigenvalue weighted by molar-refractivity contribution is -0.122. The highest BCUT2D eigenvalue weighted by molar-refractivity contribution is 8.22. The molecule has 11 heteroatoms. The van der Waals surface area contributed by atoms with Crippen molar-refractivity contribution in [1.82, 2.24) is 29.6 Å². The van der Waals surface area contributed by atoms with Crippen LogP contribution in [0.5, 0.6) is 5.88 Å². The SMILES string of the molecule is CC[C@@H]1CN(Cc2cc([C@H](CC(=O)NC3CCCC3)c3ccc4c(nnn4CC)c3C)ccc2C)S(O)(O)c2cccnc2O1. The zero-order valence-corrected chi connectivity index (χ0v) is 27.4. The van der Waals surface area contributed by atoms with Crippen molar-refractivity contribution in [2.45, 2.75) is 102 Å². The highest BCUT2D eigenvalue weighted by Crippen LogP contribution is 2.57. The Labute approximate surface area is 266 Å². The van der Waals surface area contributed by atoms with E-state index in [0.717, 1.165) is 71.1 Å². The molecular formula is C34H44N6O4S. The fourth-order valence-electron chi connectivity index (χ4n) is 6.72. The van der Waals surface area contributed by atoms with Gasteiger partial charge in [-0.25, -0.2) is 9.67 Å². The van der Waals surface area contributed by atoms with Crippen LogP contribution in [0.3, 0.4) is 0 Å². The van der Waals surface area contributed by atoms with Crippen LogP contribution < -0.4 is 10.1 Å². The first kappa shape index (κ1) is 31.5. The number of nitrogens with one attached hydrogen (secondary N) is 1. The summed E-state index contributed by atoms with van der Waals surface area (Å²) in [4.78, 5) is 18.1. The van der Waals surface area contributed by atoms with E-state index >= 15 is 0 Å². The Morgan fingerprint density at radius 3 is 2.69 bits per heavy atom. The molecule has 1 amide bonds. The Balaban J connectivity index is 1.37. The Morgan fingerprint density at radius 2 is 1.93 bits per heavy atom. The van der Waals surface area contributed by atoms with Gasteiger partial charge in [0.05, 0.1) is 12.1 Å². The summed E-state index contributed by atoms with van der Waals surface area (Å²) in [5.74, 6) is 0.0964. The Hall–Kier alpha value is -3.51. The first-order chi connectivity index (χ1) is 21.7. The number of amides is 1. The third-order valence-electron chi connectivity index (χ3n) is 9.42. The van der Waals surface area contributed by atoms with E-state index in [2.05, 4.69) is 57.9 Å². The van der Waals surface area contributed by atoms with E-state index in [0.29, 0.717) is 30.8 Å². The molecule has 4 aromatic rings. The lowest BCUT2D eigenvalue weighted by Crippen LogP contribution is -2.34. The predicted molar refractivity (Wildman–Crippen MR) is 176 cm³/mol. The van der Waals surface area contributed by atoms with Crippen molar-refractivity contribution in [3.63, 3.8) is 0 Å². The second kappa shape index (κ2) is 13.1. The molecule has 1 aliphatic carbocycles. The number of fused-ring (bicyclic) bond motifs is 2. The van der Waals surface area contributed by atoms with E-state index in [-0.39, 0.29) is 29.9 Å². The summed E-state index contributed by atoms with van der Waals surface area (Å²) < 4.78 is 32.9. The highest BCUT2D eigenvalue weighted by atomic mass is 32.3. The van der Waals surface area contributed by atoms with Crippen molar-refractivity contribution in [2.24, 2.45) is 0 Å². The topological polar surface area (TPSA) is 126 Å². The average Bonchev–Trinajstić information content (AvgIpc) is 3.68. The second-order valence-corrected chi connectivity index (χ2v) is 14.3. The normalized spacial score (nSPS) is 19.9. The number of hydrogen-bond acceptors (Lipinski definition) is 8. The van der Waals surface area contributed by atoms with Gasteiger partial charge in [-0.1, -0.05) is 49.2 Å². The van der Waals surface area contributed by atoms with Gasteiger partial charge in [0.25, 0.3) is 0 Å². The molecule has 0 unspecified atom stereocenters.